The van der Waals surface area contributed by atoms with Crippen molar-refractivity contribution in [1.29, 1.82) is 0 Å². The van der Waals surface area contributed by atoms with Gasteiger partial charge in [0.15, 0.2) is 0 Å². The molecule has 0 radical (unpaired) electrons. The highest BCUT2D eigenvalue weighted by atomic mass is 35.5. The van der Waals surface area contributed by atoms with Crippen LogP contribution >= 0.6 is 11.6 Å². The molecule has 96 valence electrons. The summed E-state index contributed by atoms with van der Waals surface area (Å²) >= 11 is 5.65. The summed E-state index contributed by atoms with van der Waals surface area (Å²) in [7, 11) is 0. The molecule has 0 aliphatic rings. The van der Waals surface area contributed by atoms with E-state index in [1.54, 1.807) is 0 Å². The topological polar surface area (TPSA) is 86.0 Å². The van der Waals surface area contributed by atoms with Crippen molar-refractivity contribution in [3.05, 3.63) is 5.28 Å². The van der Waals surface area contributed by atoms with Gasteiger partial charge in [0.2, 0.25) is 17.2 Å². The molecule has 0 saturated heterocycles. The van der Waals surface area contributed by atoms with E-state index in [1.807, 2.05) is 13.8 Å². The fourth-order valence-corrected chi connectivity index (χ4v) is 1.36. The van der Waals surface area contributed by atoms with E-state index in [1.165, 1.54) is 0 Å². The molecule has 1 heterocycles. The van der Waals surface area contributed by atoms with Crippen LogP contribution in [0.3, 0.4) is 0 Å². The normalized spacial score (nSPS) is 10.8. The lowest BCUT2D eigenvalue weighted by molar-refractivity contribution is 0.0765. The largest absolute Gasteiger partial charge is 0.379 e. The number of ether oxygens (including phenoxy) is 1. The molecule has 0 bridgehead atoms. The number of rotatable bonds is 7. The van der Waals surface area contributed by atoms with Crippen LogP contribution in [0, 0.1) is 0 Å². The van der Waals surface area contributed by atoms with Crippen LogP contribution < -0.4 is 11.1 Å². The van der Waals surface area contributed by atoms with Gasteiger partial charge in [-0.3, -0.25) is 0 Å². The minimum atomic E-state index is 0.100. The molecular weight excluding hydrogens is 242 g/mol. The van der Waals surface area contributed by atoms with Gasteiger partial charge < -0.3 is 15.8 Å². The van der Waals surface area contributed by atoms with Gasteiger partial charge in [-0.05, 0) is 38.3 Å². The van der Waals surface area contributed by atoms with Crippen molar-refractivity contribution in [2.45, 2.75) is 32.8 Å². The third kappa shape index (κ3) is 6.23. The van der Waals surface area contributed by atoms with Gasteiger partial charge in [-0.15, -0.1) is 0 Å². The third-order valence-corrected chi connectivity index (χ3v) is 2.10. The molecule has 1 aromatic heterocycles. The summed E-state index contributed by atoms with van der Waals surface area (Å²) in [4.78, 5) is 11.5. The standard InChI is InChI=1S/C10H18ClN5O/c1-7(2)17-6-4-3-5-13-10-15-8(11)14-9(12)16-10/h7H,3-6H2,1-2H3,(H3,12,13,14,15,16). The summed E-state index contributed by atoms with van der Waals surface area (Å²) < 4.78 is 5.42. The number of nitrogens with zero attached hydrogens (tertiary/aromatic N) is 3. The molecule has 0 aromatic carbocycles. The lowest BCUT2D eigenvalue weighted by atomic mass is 10.3. The molecule has 0 spiro atoms. The van der Waals surface area contributed by atoms with Crippen LogP contribution in [0.1, 0.15) is 26.7 Å². The van der Waals surface area contributed by atoms with Gasteiger partial charge in [0.05, 0.1) is 6.10 Å². The molecule has 0 aliphatic heterocycles. The van der Waals surface area contributed by atoms with Gasteiger partial charge >= 0.3 is 0 Å². The first-order valence-corrected chi connectivity index (χ1v) is 5.98. The predicted octanol–water partition coefficient (Wildman–Crippen LogP) is 1.72. The molecule has 0 fully saturated rings. The maximum absolute atomic E-state index is 5.65. The van der Waals surface area contributed by atoms with E-state index in [2.05, 4.69) is 20.3 Å². The fraction of sp³-hybridized carbons (Fsp3) is 0.700. The van der Waals surface area contributed by atoms with Crippen molar-refractivity contribution < 1.29 is 4.74 Å². The van der Waals surface area contributed by atoms with Crippen LogP contribution in [-0.4, -0.2) is 34.2 Å². The lowest BCUT2D eigenvalue weighted by Gasteiger charge is -2.07. The van der Waals surface area contributed by atoms with E-state index in [-0.39, 0.29) is 17.3 Å². The quantitative estimate of drug-likeness (QED) is 0.725. The Bertz CT molecular complexity index is 327. The summed E-state index contributed by atoms with van der Waals surface area (Å²) in [6.07, 6.45) is 2.24. The number of hydrogen-bond donors (Lipinski definition) is 2. The summed E-state index contributed by atoms with van der Waals surface area (Å²) in [5.41, 5.74) is 5.44. The smallest absolute Gasteiger partial charge is 0.228 e. The molecule has 3 N–H and O–H groups in total. The van der Waals surface area contributed by atoms with Gasteiger partial charge in [-0.2, -0.15) is 15.0 Å². The number of nitrogens with one attached hydrogen (secondary N) is 1. The first-order valence-electron chi connectivity index (χ1n) is 5.60. The molecule has 1 aromatic rings. The highest BCUT2D eigenvalue weighted by Crippen LogP contribution is 2.06. The summed E-state index contributed by atoms with van der Waals surface area (Å²) in [5, 5.41) is 3.13. The Hall–Kier alpha value is -1.14. The van der Waals surface area contributed by atoms with E-state index in [0.29, 0.717) is 5.95 Å². The van der Waals surface area contributed by atoms with Crippen molar-refractivity contribution in [2.75, 3.05) is 24.2 Å². The Labute approximate surface area is 106 Å². The van der Waals surface area contributed by atoms with E-state index in [4.69, 9.17) is 22.1 Å². The number of anilines is 2. The molecule has 0 amide bonds. The molecule has 0 saturated carbocycles. The van der Waals surface area contributed by atoms with Crippen molar-refractivity contribution in [3.63, 3.8) is 0 Å². The Morgan fingerprint density at radius 1 is 1.29 bits per heavy atom. The molecule has 0 unspecified atom stereocenters. The van der Waals surface area contributed by atoms with Crippen LogP contribution in [0.5, 0.6) is 0 Å². The molecule has 6 nitrogen and oxygen atoms in total. The van der Waals surface area contributed by atoms with E-state index in [9.17, 15) is 0 Å². The van der Waals surface area contributed by atoms with E-state index < -0.39 is 0 Å². The van der Waals surface area contributed by atoms with Crippen LogP contribution in [0.2, 0.25) is 5.28 Å². The van der Waals surface area contributed by atoms with Crippen molar-refractivity contribution in [2.24, 2.45) is 0 Å². The molecule has 1 rings (SSSR count). The number of hydrogen-bond acceptors (Lipinski definition) is 6. The minimum Gasteiger partial charge on any atom is -0.379 e. The number of nitrogen functional groups attached to an aromatic ring is 1. The SMILES string of the molecule is CC(C)OCCCCNc1nc(N)nc(Cl)n1. The Kier molecular flexibility index (Phi) is 5.93. The second-order valence-electron chi connectivity index (χ2n) is 3.84. The number of halogens is 1. The predicted molar refractivity (Wildman–Crippen MR) is 68.1 cm³/mol. The lowest BCUT2D eigenvalue weighted by Crippen LogP contribution is -2.10. The van der Waals surface area contributed by atoms with Crippen molar-refractivity contribution in [1.82, 2.24) is 15.0 Å². The number of aromatic nitrogens is 3. The number of nitrogens with two attached hydrogens (primary N) is 1. The Balaban J connectivity index is 2.18. The molecular formula is C10H18ClN5O. The number of unbranched alkanes of at least 4 members (excludes halogenated alkanes) is 1. The van der Waals surface area contributed by atoms with Gasteiger partial charge in [-0.1, -0.05) is 0 Å². The van der Waals surface area contributed by atoms with Crippen molar-refractivity contribution >= 4 is 23.5 Å². The van der Waals surface area contributed by atoms with Gasteiger partial charge in [0.25, 0.3) is 0 Å². The molecule has 7 heteroatoms. The molecule has 0 atom stereocenters. The van der Waals surface area contributed by atoms with Crippen LogP contribution in [0.15, 0.2) is 0 Å². The average molecular weight is 260 g/mol. The van der Waals surface area contributed by atoms with Gasteiger partial charge in [0.1, 0.15) is 0 Å². The zero-order valence-corrected chi connectivity index (χ0v) is 10.9. The van der Waals surface area contributed by atoms with Crippen LogP contribution in [-0.2, 0) is 4.74 Å². The monoisotopic (exact) mass is 259 g/mol. The van der Waals surface area contributed by atoms with Crippen LogP contribution in [0.4, 0.5) is 11.9 Å². The second kappa shape index (κ2) is 7.24. The second-order valence-corrected chi connectivity index (χ2v) is 4.18. The molecule has 17 heavy (non-hydrogen) atoms. The summed E-state index contributed by atoms with van der Waals surface area (Å²) in [6.45, 7) is 5.56. The van der Waals surface area contributed by atoms with E-state index >= 15 is 0 Å². The van der Waals surface area contributed by atoms with Crippen LogP contribution in [0.25, 0.3) is 0 Å². The zero-order valence-electron chi connectivity index (χ0n) is 10.1. The Morgan fingerprint density at radius 2 is 2.06 bits per heavy atom. The average Bonchev–Trinajstić information content (AvgIpc) is 2.21. The maximum atomic E-state index is 5.65. The first-order chi connectivity index (χ1) is 8.08. The maximum Gasteiger partial charge on any atom is 0.228 e. The summed E-state index contributed by atoms with van der Waals surface area (Å²) in [6, 6.07) is 0. The minimum absolute atomic E-state index is 0.100. The highest BCUT2D eigenvalue weighted by molar-refractivity contribution is 6.28. The first kappa shape index (κ1) is 13.9. The van der Waals surface area contributed by atoms with Gasteiger partial charge in [0, 0.05) is 13.2 Å². The van der Waals surface area contributed by atoms with Gasteiger partial charge in [-0.25, -0.2) is 0 Å². The Morgan fingerprint density at radius 3 is 2.71 bits per heavy atom. The summed E-state index contributed by atoms with van der Waals surface area (Å²) in [5.74, 6) is 0.530. The van der Waals surface area contributed by atoms with E-state index in [0.717, 1.165) is 26.0 Å². The zero-order chi connectivity index (χ0) is 12.7. The molecule has 0 aliphatic carbocycles. The van der Waals surface area contributed by atoms with Crippen molar-refractivity contribution in [3.8, 4) is 0 Å². The fourth-order valence-electron chi connectivity index (χ4n) is 1.19. The third-order valence-electron chi connectivity index (χ3n) is 1.93. The highest BCUT2D eigenvalue weighted by Gasteiger charge is 2.01.